The monoisotopic (exact) mass is 294 g/mol. The number of esters is 2. The molecule has 7 heteroatoms. The Labute approximate surface area is 122 Å². The average Bonchev–Trinajstić information content (AvgIpc) is 2.45. The molecule has 21 heavy (non-hydrogen) atoms. The molecular formula is C14H18N2O5. The highest BCUT2D eigenvalue weighted by Gasteiger charge is 2.18. The number of carbonyl (C=O) groups is 3. The van der Waals surface area contributed by atoms with E-state index in [0.717, 1.165) is 0 Å². The summed E-state index contributed by atoms with van der Waals surface area (Å²) in [7, 11) is 2.76. The molecule has 0 atom stereocenters. The number of methoxy groups -OCH3 is 1. The van der Waals surface area contributed by atoms with Crippen molar-refractivity contribution in [3.63, 3.8) is 0 Å². The minimum absolute atomic E-state index is 0.214. The summed E-state index contributed by atoms with van der Waals surface area (Å²) in [6.07, 6.45) is -0.372. The van der Waals surface area contributed by atoms with E-state index >= 15 is 0 Å². The zero-order valence-corrected chi connectivity index (χ0v) is 12.2. The summed E-state index contributed by atoms with van der Waals surface area (Å²) in [5, 5.41) is 0. The molecule has 1 amide bonds. The topological polar surface area (TPSA) is 98.9 Å². The van der Waals surface area contributed by atoms with Crippen LogP contribution in [-0.4, -0.2) is 38.6 Å². The van der Waals surface area contributed by atoms with Gasteiger partial charge in [0.1, 0.15) is 6.42 Å². The number of benzene rings is 1. The molecule has 1 aromatic carbocycles. The van der Waals surface area contributed by atoms with Crippen molar-refractivity contribution in [2.45, 2.75) is 13.3 Å². The Morgan fingerprint density at radius 3 is 2.48 bits per heavy atom. The highest BCUT2D eigenvalue weighted by Crippen LogP contribution is 2.24. The standard InChI is InChI=1S/C14H18N2O5/c1-4-21-13(18)8-12(17)16(2)11-6-5-9(7-10(11)15)14(19)20-3/h5-7H,4,8,15H2,1-3H3. The summed E-state index contributed by atoms with van der Waals surface area (Å²) < 4.78 is 9.30. The number of ether oxygens (including phenoxy) is 2. The Hall–Kier alpha value is -2.57. The van der Waals surface area contributed by atoms with Gasteiger partial charge in [-0.1, -0.05) is 0 Å². The molecule has 0 aliphatic heterocycles. The van der Waals surface area contributed by atoms with Gasteiger partial charge in [0.2, 0.25) is 5.91 Å². The predicted octanol–water partition coefficient (Wildman–Crippen LogP) is 0.971. The average molecular weight is 294 g/mol. The Morgan fingerprint density at radius 2 is 1.95 bits per heavy atom. The molecule has 0 bridgehead atoms. The maximum atomic E-state index is 11.9. The van der Waals surface area contributed by atoms with Gasteiger partial charge in [-0.2, -0.15) is 0 Å². The van der Waals surface area contributed by atoms with Crippen molar-refractivity contribution < 1.29 is 23.9 Å². The number of hydrogen-bond donors (Lipinski definition) is 1. The van der Waals surface area contributed by atoms with E-state index < -0.39 is 17.8 Å². The van der Waals surface area contributed by atoms with Crippen molar-refractivity contribution in [2.75, 3.05) is 31.4 Å². The van der Waals surface area contributed by atoms with Gasteiger partial charge in [0, 0.05) is 7.05 Å². The molecule has 0 aliphatic rings. The second kappa shape index (κ2) is 7.28. The molecule has 0 unspecified atom stereocenters. The highest BCUT2D eigenvalue weighted by molar-refractivity contribution is 6.05. The fourth-order valence-corrected chi connectivity index (χ4v) is 1.69. The number of nitrogen functional groups attached to an aromatic ring is 1. The summed E-state index contributed by atoms with van der Waals surface area (Å²) in [5.41, 5.74) is 6.74. The molecule has 0 spiro atoms. The second-order valence-corrected chi connectivity index (χ2v) is 4.20. The summed E-state index contributed by atoms with van der Waals surface area (Å²) in [6.45, 7) is 1.88. The van der Waals surface area contributed by atoms with Crippen LogP contribution < -0.4 is 10.6 Å². The summed E-state index contributed by atoms with van der Waals surface area (Å²) in [4.78, 5) is 35.9. The minimum atomic E-state index is -0.598. The van der Waals surface area contributed by atoms with E-state index in [1.807, 2.05) is 0 Å². The van der Waals surface area contributed by atoms with Crippen LogP contribution in [0.2, 0.25) is 0 Å². The van der Waals surface area contributed by atoms with Crippen LogP contribution in [0, 0.1) is 0 Å². The normalized spacial score (nSPS) is 9.86. The van der Waals surface area contributed by atoms with Crippen molar-refractivity contribution >= 4 is 29.2 Å². The summed E-state index contributed by atoms with van der Waals surface area (Å²) in [5.74, 6) is -1.57. The first-order valence-corrected chi connectivity index (χ1v) is 6.30. The molecule has 0 saturated carbocycles. The third-order valence-electron chi connectivity index (χ3n) is 2.78. The molecule has 0 radical (unpaired) electrons. The minimum Gasteiger partial charge on any atom is -0.466 e. The lowest BCUT2D eigenvalue weighted by atomic mass is 10.1. The van der Waals surface area contributed by atoms with E-state index in [2.05, 4.69) is 4.74 Å². The second-order valence-electron chi connectivity index (χ2n) is 4.20. The Morgan fingerprint density at radius 1 is 1.29 bits per heavy atom. The zero-order chi connectivity index (χ0) is 16.0. The SMILES string of the molecule is CCOC(=O)CC(=O)N(C)c1ccc(C(=O)OC)cc1N. The number of anilines is 2. The van der Waals surface area contributed by atoms with Crippen molar-refractivity contribution in [3.8, 4) is 0 Å². The lowest BCUT2D eigenvalue weighted by Gasteiger charge is -2.19. The maximum absolute atomic E-state index is 11.9. The molecule has 7 nitrogen and oxygen atoms in total. The molecular weight excluding hydrogens is 276 g/mol. The van der Waals surface area contributed by atoms with Gasteiger partial charge >= 0.3 is 11.9 Å². The van der Waals surface area contributed by atoms with Gasteiger partial charge in [-0.15, -0.1) is 0 Å². The van der Waals surface area contributed by atoms with Crippen LogP contribution in [0.1, 0.15) is 23.7 Å². The summed E-state index contributed by atoms with van der Waals surface area (Å²) in [6, 6.07) is 4.42. The molecule has 114 valence electrons. The van der Waals surface area contributed by atoms with Crippen molar-refractivity contribution in [1.82, 2.24) is 0 Å². The zero-order valence-electron chi connectivity index (χ0n) is 12.2. The van der Waals surface area contributed by atoms with Crippen LogP contribution in [0.25, 0.3) is 0 Å². The molecule has 1 rings (SSSR count). The van der Waals surface area contributed by atoms with Crippen LogP contribution in [0.5, 0.6) is 0 Å². The van der Waals surface area contributed by atoms with E-state index in [1.165, 1.54) is 37.3 Å². The summed E-state index contributed by atoms with van der Waals surface area (Å²) >= 11 is 0. The predicted molar refractivity (Wildman–Crippen MR) is 76.9 cm³/mol. The number of hydrogen-bond acceptors (Lipinski definition) is 6. The van der Waals surface area contributed by atoms with Crippen molar-refractivity contribution in [3.05, 3.63) is 23.8 Å². The van der Waals surface area contributed by atoms with Gasteiger partial charge in [0.05, 0.1) is 30.7 Å². The first-order chi connectivity index (χ1) is 9.90. The van der Waals surface area contributed by atoms with Crippen LogP contribution in [0.3, 0.4) is 0 Å². The van der Waals surface area contributed by atoms with Crippen LogP contribution in [0.15, 0.2) is 18.2 Å². The van der Waals surface area contributed by atoms with Crippen molar-refractivity contribution in [2.24, 2.45) is 0 Å². The number of nitrogens with zero attached hydrogens (tertiary/aromatic N) is 1. The lowest BCUT2D eigenvalue weighted by Crippen LogP contribution is -2.29. The fourth-order valence-electron chi connectivity index (χ4n) is 1.69. The lowest BCUT2D eigenvalue weighted by molar-refractivity contribution is -0.145. The van der Waals surface area contributed by atoms with Gasteiger partial charge in [-0.3, -0.25) is 9.59 Å². The van der Waals surface area contributed by atoms with E-state index in [4.69, 9.17) is 10.5 Å². The van der Waals surface area contributed by atoms with Gasteiger partial charge in [-0.25, -0.2) is 4.79 Å². The third-order valence-corrected chi connectivity index (χ3v) is 2.78. The number of nitrogens with two attached hydrogens (primary N) is 1. The smallest absolute Gasteiger partial charge is 0.337 e. The molecule has 0 fully saturated rings. The quantitative estimate of drug-likeness (QED) is 0.493. The molecule has 0 heterocycles. The first-order valence-electron chi connectivity index (χ1n) is 6.30. The van der Waals surface area contributed by atoms with Gasteiger partial charge in [0.25, 0.3) is 0 Å². The molecule has 0 saturated heterocycles. The number of carbonyl (C=O) groups excluding carboxylic acids is 3. The van der Waals surface area contributed by atoms with Crippen LogP contribution in [-0.2, 0) is 19.1 Å². The Balaban J connectivity index is 2.87. The maximum Gasteiger partial charge on any atom is 0.337 e. The number of amides is 1. The largest absolute Gasteiger partial charge is 0.466 e. The van der Waals surface area contributed by atoms with Gasteiger partial charge < -0.3 is 20.1 Å². The van der Waals surface area contributed by atoms with Gasteiger partial charge in [-0.05, 0) is 25.1 Å². The molecule has 0 aromatic heterocycles. The third kappa shape index (κ3) is 4.20. The van der Waals surface area contributed by atoms with Gasteiger partial charge in [0.15, 0.2) is 0 Å². The molecule has 2 N–H and O–H groups in total. The van der Waals surface area contributed by atoms with E-state index in [-0.39, 0.29) is 24.3 Å². The fraction of sp³-hybridized carbons (Fsp3) is 0.357. The highest BCUT2D eigenvalue weighted by atomic mass is 16.5. The van der Waals surface area contributed by atoms with Crippen LogP contribution in [0.4, 0.5) is 11.4 Å². The van der Waals surface area contributed by atoms with E-state index in [9.17, 15) is 14.4 Å². The Kier molecular flexibility index (Phi) is 5.71. The van der Waals surface area contributed by atoms with E-state index in [1.54, 1.807) is 6.92 Å². The Bertz CT molecular complexity index is 556. The molecule has 1 aromatic rings. The van der Waals surface area contributed by atoms with Crippen molar-refractivity contribution in [1.29, 1.82) is 0 Å². The first kappa shape index (κ1) is 16.5. The number of rotatable bonds is 5. The van der Waals surface area contributed by atoms with E-state index in [0.29, 0.717) is 5.69 Å². The van der Waals surface area contributed by atoms with Crippen LogP contribution >= 0.6 is 0 Å². The molecule has 0 aliphatic carbocycles.